The van der Waals surface area contributed by atoms with Crippen molar-refractivity contribution in [3.8, 4) is 0 Å². The van der Waals surface area contributed by atoms with Crippen LogP contribution < -0.4 is 5.32 Å². The van der Waals surface area contributed by atoms with Crippen LogP contribution in [0.1, 0.15) is 5.76 Å². The Balaban J connectivity index is 0.00000196. The molecule has 86 valence electrons. The Morgan fingerprint density at radius 1 is 1.60 bits per heavy atom. The van der Waals surface area contributed by atoms with Crippen molar-refractivity contribution in [1.29, 1.82) is 0 Å². The smallest absolute Gasteiger partial charge is 0.236 e. The first-order chi connectivity index (χ1) is 6.63. The Kier molecular flexibility index (Phi) is 6.63. The number of carbonyl (C=O) groups is 1. The molecular weight excluding hydrogens is 283 g/mol. The SMILES string of the molecule is CNCC(=O)N(C)Cc1ccc(Br)o1.Cl. The maximum atomic E-state index is 11.4. The molecular formula is C9H14BrClN2O2. The molecule has 4 nitrogen and oxygen atoms in total. The van der Waals surface area contributed by atoms with E-state index in [0.717, 1.165) is 5.76 Å². The molecule has 0 aliphatic rings. The number of nitrogens with one attached hydrogen (secondary N) is 1. The van der Waals surface area contributed by atoms with Crippen LogP contribution in [0.5, 0.6) is 0 Å². The number of amides is 1. The van der Waals surface area contributed by atoms with E-state index in [-0.39, 0.29) is 18.3 Å². The molecule has 1 amide bonds. The number of likely N-dealkylation sites (N-methyl/N-ethyl adjacent to an activating group) is 2. The predicted molar refractivity (Wildman–Crippen MR) is 64.1 cm³/mol. The molecule has 0 bridgehead atoms. The van der Waals surface area contributed by atoms with E-state index >= 15 is 0 Å². The van der Waals surface area contributed by atoms with E-state index in [1.54, 1.807) is 19.0 Å². The summed E-state index contributed by atoms with van der Waals surface area (Å²) in [4.78, 5) is 13.0. The van der Waals surface area contributed by atoms with Crippen molar-refractivity contribution in [2.24, 2.45) is 0 Å². The van der Waals surface area contributed by atoms with Crippen LogP contribution in [-0.4, -0.2) is 31.4 Å². The highest BCUT2D eigenvalue weighted by Gasteiger charge is 2.09. The molecule has 0 saturated carbocycles. The summed E-state index contributed by atoms with van der Waals surface area (Å²) in [7, 11) is 3.49. The van der Waals surface area contributed by atoms with Gasteiger partial charge >= 0.3 is 0 Å². The fraction of sp³-hybridized carbons (Fsp3) is 0.444. The van der Waals surface area contributed by atoms with Gasteiger partial charge in [-0.2, -0.15) is 0 Å². The molecule has 0 saturated heterocycles. The summed E-state index contributed by atoms with van der Waals surface area (Å²) >= 11 is 3.21. The molecule has 1 aromatic rings. The summed E-state index contributed by atoms with van der Waals surface area (Å²) < 4.78 is 5.97. The van der Waals surface area contributed by atoms with Gasteiger partial charge < -0.3 is 14.6 Å². The first-order valence-electron chi connectivity index (χ1n) is 4.26. The van der Waals surface area contributed by atoms with E-state index in [1.165, 1.54) is 0 Å². The second-order valence-electron chi connectivity index (χ2n) is 2.99. The van der Waals surface area contributed by atoms with Crippen LogP contribution in [0.2, 0.25) is 0 Å². The van der Waals surface area contributed by atoms with Crippen molar-refractivity contribution in [2.45, 2.75) is 6.54 Å². The first kappa shape index (κ1) is 14.5. The van der Waals surface area contributed by atoms with Gasteiger partial charge in [0.05, 0.1) is 13.1 Å². The standard InChI is InChI=1S/C9H13BrN2O2.ClH/c1-11-5-9(13)12(2)6-7-3-4-8(10)14-7;/h3-4,11H,5-6H2,1-2H3;1H. The molecule has 0 aliphatic carbocycles. The van der Waals surface area contributed by atoms with E-state index in [9.17, 15) is 4.79 Å². The van der Waals surface area contributed by atoms with Gasteiger partial charge in [0.25, 0.3) is 0 Å². The van der Waals surface area contributed by atoms with Gasteiger partial charge in [-0.3, -0.25) is 4.79 Å². The minimum Gasteiger partial charge on any atom is -0.452 e. The van der Waals surface area contributed by atoms with Crippen LogP contribution in [0.4, 0.5) is 0 Å². The third kappa shape index (κ3) is 4.68. The van der Waals surface area contributed by atoms with Crippen LogP contribution in [0.3, 0.4) is 0 Å². The third-order valence-corrected chi connectivity index (χ3v) is 2.20. The number of hydrogen-bond acceptors (Lipinski definition) is 3. The second kappa shape index (κ2) is 6.87. The van der Waals surface area contributed by atoms with Gasteiger partial charge in [0.15, 0.2) is 4.67 Å². The molecule has 15 heavy (non-hydrogen) atoms. The molecule has 0 unspecified atom stereocenters. The lowest BCUT2D eigenvalue weighted by atomic mass is 10.4. The fourth-order valence-corrected chi connectivity index (χ4v) is 1.38. The van der Waals surface area contributed by atoms with Crippen LogP contribution in [0.15, 0.2) is 21.2 Å². The molecule has 1 N–H and O–H groups in total. The molecule has 0 aromatic carbocycles. The highest BCUT2D eigenvalue weighted by Crippen LogP contribution is 2.15. The van der Waals surface area contributed by atoms with E-state index in [0.29, 0.717) is 17.8 Å². The molecule has 0 fully saturated rings. The van der Waals surface area contributed by atoms with Gasteiger partial charge in [0, 0.05) is 7.05 Å². The molecule has 0 radical (unpaired) electrons. The topological polar surface area (TPSA) is 45.5 Å². The highest BCUT2D eigenvalue weighted by atomic mass is 79.9. The zero-order valence-corrected chi connectivity index (χ0v) is 11.0. The lowest BCUT2D eigenvalue weighted by Crippen LogP contribution is -2.33. The monoisotopic (exact) mass is 296 g/mol. The van der Waals surface area contributed by atoms with Crippen LogP contribution in [-0.2, 0) is 11.3 Å². The van der Waals surface area contributed by atoms with Crippen molar-refractivity contribution in [1.82, 2.24) is 10.2 Å². The zero-order chi connectivity index (χ0) is 10.6. The van der Waals surface area contributed by atoms with Crippen molar-refractivity contribution in [3.05, 3.63) is 22.6 Å². The predicted octanol–water partition coefficient (Wildman–Crippen LogP) is 1.64. The van der Waals surface area contributed by atoms with E-state index in [2.05, 4.69) is 21.2 Å². The Bertz CT molecular complexity index is 317. The molecule has 0 atom stereocenters. The van der Waals surface area contributed by atoms with Crippen molar-refractivity contribution in [3.63, 3.8) is 0 Å². The van der Waals surface area contributed by atoms with Gasteiger partial charge in [-0.1, -0.05) is 0 Å². The summed E-state index contributed by atoms with van der Waals surface area (Å²) in [6, 6.07) is 3.65. The minimum absolute atomic E-state index is 0. The van der Waals surface area contributed by atoms with Crippen molar-refractivity contribution in [2.75, 3.05) is 20.6 Å². The minimum atomic E-state index is 0. The van der Waals surface area contributed by atoms with Gasteiger partial charge in [-0.25, -0.2) is 0 Å². The first-order valence-corrected chi connectivity index (χ1v) is 5.05. The van der Waals surface area contributed by atoms with Gasteiger partial charge in [0.2, 0.25) is 5.91 Å². The molecule has 1 heterocycles. The number of nitrogens with zero attached hydrogens (tertiary/aromatic N) is 1. The number of hydrogen-bond donors (Lipinski definition) is 1. The largest absolute Gasteiger partial charge is 0.452 e. The number of rotatable bonds is 4. The Hall–Kier alpha value is -0.520. The second-order valence-corrected chi connectivity index (χ2v) is 3.77. The quantitative estimate of drug-likeness (QED) is 0.919. The number of halogens is 2. The lowest BCUT2D eigenvalue weighted by molar-refractivity contribution is -0.129. The maximum absolute atomic E-state index is 11.4. The van der Waals surface area contributed by atoms with E-state index in [4.69, 9.17) is 4.42 Å². The average molecular weight is 298 g/mol. The summed E-state index contributed by atoms with van der Waals surface area (Å²) in [6.07, 6.45) is 0. The summed E-state index contributed by atoms with van der Waals surface area (Å²) in [5.74, 6) is 0.809. The maximum Gasteiger partial charge on any atom is 0.236 e. The fourth-order valence-electron chi connectivity index (χ4n) is 1.04. The van der Waals surface area contributed by atoms with Gasteiger partial charge in [-0.15, -0.1) is 12.4 Å². The summed E-state index contributed by atoms with van der Waals surface area (Å²) in [6.45, 7) is 0.838. The number of carbonyl (C=O) groups excluding carboxylic acids is 1. The van der Waals surface area contributed by atoms with Gasteiger partial charge in [0.1, 0.15) is 5.76 Å². The highest BCUT2D eigenvalue weighted by molar-refractivity contribution is 9.10. The molecule has 1 rings (SSSR count). The molecule has 0 aliphatic heterocycles. The summed E-state index contributed by atoms with van der Waals surface area (Å²) in [5, 5.41) is 2.81. The van der Waals surface area contributed by atoms with Crippen LogP contribution >= 0.6 is 28.3 Å². The van der Waals surface area contributed by atoms with Crippen LogP contribution in [0, 0.1) is 0 Å². The zero-order valence-electron chi connectivity index (χ0n) is 8.62. The van der Waals surface area contributed by atoms with Crippen molar-refractivity contribution < 1.29 is 9.21 Å². The number of furan rings is 1. The Morgan fingerprint density at radius 2 is 2.27 bits per heavy atom. The average Bonchev–Trinajstić information content (AvgIpc) is 2.51. The normalized spacial score (nSPS) is 9.53. The third-order valence-electron chi connectivity index (χ3n) is 1.78. The molecule has 0 spiro atoms. The van der Waals surface area contributed by atoms with Crippen LogP contribution in [0.25, 0.3) is 0 Å². The van der Waals surface area contributed by atoms with E-state index in [1.807, 2.05) is 12.1 Å². The molecule has 1 aromatic heterocycles. The Labute approximate surface area is 104 Å². The Morgan fingerprint density at radius 3 is 2.73 bits per heavy atom. The van der Waals surface area contributed by atoms with Gasteiger partial charge in [-0.05, 0) is 35.1 Å². The lowest BCUT2D eigenvalue weighted by Gasteiger charge is -2.14. The molecule has 6 heteroatoms. The summed E-state index contributed by atoms with van der Waals surface area (Å²) in [5.41, 5.74) is 0. The van der Waals surface area contributed by atoms with E-state index < -0.39 is 0 Å². The van der Waals surface area contributed by atoms with Crippen molar-refractivity contribution >= 4 is 34.2 Å².